The van der Waals surface area contributed by atoms with Crippen molar-refractivity contribution >= 4 is 0 Å². The van der Waals surface area contributed by atoms with Crippen LogP contribution in [0.1, 0.15) is 69.5 Å². The van der Waals surface area contributed by atoms with Gasteiger partial charge in [-0.2, -0.15) is 0 Å². The van der Waals surface area contributed by atoms with Crippen molar-refractivity contribution in [3.05, 3.63) is 34.9 Å². The number of benzene rings is 1. The molecule has 20 heavy (non-hydrogen) atoms. The molecule has 1 unspecified atom stereocenters. The van der Waals surface area contributed by atoms with E-state index < -0.39 is 0 Å². The Morgan fingerprint density at radius 1 is 1.00 bits per heavy atom. The third-order valence-corrected chi connectivity index (χ3v) is 3.70. The van der Waals surface area contributed by atoms with Crippen LogP contribution < -0.4 is 5.32 Å². The van der Waals surface area contributed by atoms with Crippen LogP contribution >= 0.6 is 0 Å². The van der Waals surface area contributed by atoms with Gasteiger partial charge in [0.1, 0.15) is 11.6 Å². The summed E-state index contributed by atoms with van der Waals surface area (Å²) in [5.41, 5.74) is 0.829. The zero-order valence-electron chi connectivity index (χ0n) is 12.9. The summed E-state index contributed by atoms with van der Waals surface area (Å²) in [6, 6.07) is 2.56. The highest BCUT2D eigenvalue weighted by Crippen LogP contribution is 2.25. The van der Waals surface area contributed by atoms with E-state index in [2.05, 4.69) is 12.2 Å². The summed E-state index contributed by atoms with van der Waals surface area (Å²) in [7, 11) is 0. The molecule has 1 aromatic rings. The monoisotopic (exact) mass is 283 g/mol. The van der Waals surface area contributed by atoms with Crippen LogP contribution in [0.15, 0.2) is 12.1 Å². The molecule has 0 heterocycles. The van der Waals surface area contributed by atoms with Gasteiger partial charge in [0.25, 0.3) is 0 Å². The fourth-order valence-corrected chi connectivity index (χ4v) is 2.49. The lowest BCUT2D eigenvalue weighted by atomic mass is 9.98. The molecule has 1 N–H and O–H groups in total. The number of halogens is 2. The van der Waals surface area contributed by atoms with Crippen LogP contribution in [0.4, 0.5) is 8.78 Å². The zero-order chi connectivity index (χ0) is 15.0. The summed E-state index contributed by atoms with van der Waals surface area (Å²) in [6.07, 6.45) is 6.75. The highest BCUT2D eigenvalue weighted by molar-refractivity contribution is 5.27. The molecule has 0 aromatic heterocycles. The van der Waals surface area contributed by atoms with Crippen molar-refractivity contribution in [3.8, 4) is 0 Å². The van der Waals surface area contributed by atoms with Crippen LogP contribution in [-0.2, 0) is 0 Å². The smallest absolute Gasteiger partial charge is 0.128 e. The van der Waals surface area contributed by atoms with Crippen molar-refractivity contribution in [2.45, 2.75) is 65.3 Å². The minimum absolute atomic E-state index is 0.0864. The molecule has 3 heteroatoms. The number of hydrogen-bond acceptors (Lipinski definition) is 1. The Bertz CT molecular complexity index is 404. The topological polar surface area (TPSA) is 12.0 Å². The Labute approximate surface area is 121 Å². The first kappa shape index (κ1) is 17.1. The van der Waals surface area contributed by atoms with E-state index in [0.717, 1.165) is 25.8 Å². The van der Waals surface area contributed by atoms with Gasteiger partial charge >= 0.3 is 0 Å². The second-order valence-electron chi connectivity index (χ2n) is 5.44. The summed E-state index contributed by atoms with van der Waals surface area (Å²) in [4.78, 5) is 0. The average molecular weight is 283 g/mol. The maximum Gasteiger partial charge on any atom is 0.128 e. The number of nitrogens with one attached hydrogen (secondary N) is 1. The van der Waals surface area contributed by atoms with Crippen molar-refractivity contribution in [3.63, 3.8) is 0 Å². The maximum absolute atomic E-state index is 14.0. The van der Waals surface area contributed by atoms with Gasteiger partial charge in [-0.05, 0) is 37.6 Å². The average Bonchev–Trinajstić information content (AvgIpc) is 2.41. The fraction of sp³-hybridized carbons (Fsp3) is 0.647. The molecule has 1 aromatic carbocycles. The lowest BCUT2D eigenvalue weighted by Gasteiger charge is -2.19. The van der Waals surface area contributed by atoms with Gasteiger partial charge in [0, 0.05) is 11.6 Å². The van der Waals surface area contributed by atoms with Gasteiger partial charge in [-0.15, -0.1) is 0 Å². The quantitative estimate of drug-likeness (QED) is 0.608. The predicted octanol–water partition coefficient (Wildman–Crippen LogP) is 5.28. The Balaban J connectivity index is 2.67. The predicted molar refractivity (Wildman–Crippen MR) is 80.9 cm³/mol. The molecular formula is C17H27F2N. The van der Waals surface area contributed by atoms with Crippen molar-refractivity contribution in [1.82, 2.24) is 5.32 Å². The molecular weight excluding hydrogens is 256 g/mol. The standard InChI is InChI=1S/C17H27F2N/c1-4-6-7-8-9-10-17(20-5-2)14-12-15(18)13(3)11-16(14)19/h11-12,17,20H,4-10H2,1-3H3. The molecule has 1 nitrogen and oxygen atoms in total. The molecule has 0 amide bonds. The third kappa shape index (κ3) is 5.20. The van der Waals surface area contributed by atoms with E-state index in [0.29, 0.717) is 11.1 Å². The summed E-state index contributed by atoms with van der Waals surface area (Å²) < 4.78 is 27.7. The molecule has 0 aliphatic carbocycles. The molecule has 114 valence electrons. The van der Waals surface area contributed by atoms with Gasteiger partial charge in [-0.1, -0.05) is 46.0 Å². The van der Waals surface area contributed by atoms with E-state index in [9.17, 15) is 8.78 Å². The van der Waals surface area contributed by atoms with E-state index in [-0.39, 0.29) is 17.7 Å². The number of hydrogen-bond donors (Lipinski definition) is 1. The van der Waals surface area contributed by atoms with E-state index in [1.165, 1.54) is 31.4 Å². The van der Waals surface area contributed by atoms with Gasteiger partial charge < -0.3 is 5.32 Å². The van der Waals surface area contributed by atoms with Crippen LogP contribution in [0.25, 0.3) is 0 Å². The molecule has 0 saturated heterocycles. The molecule has 0 aliphatic heterocycles. The summed E-state index contributed by atoms with van der Waals surface area (Å²) >= 11 is 0. The van der Waals surface area contributed by atoms with Crippen LogP contribution in [0, 0.1) is 18.6 Å². The van der Waals surface area contributed by atoms with Gasteiger partial charge in [-0.25, -0.2) is 8.78 Å². The van der Waals surface area contributed by atoms with E-state index in [1.807, 2.05) is 6.92 Å². The zero-order valence-corrected chi connectivity index (χ0v) is 12.9. The van der Waals surface area contributed by atoms with Gasteiger partial charge in [0.05, 0.1) is 0 Å². The van der Waals surface area contributed by atoms with E-state index in [1.54, 1.807) is 6.92 Å². The Morgan fingerprint density at radius 2 is 1.70 bits per heavy atom. The van der Waals surface area contributed by atoms with E-state index >= 15 is 0 Å². The van der Waals surface area contributed by atoms with Gasteiger partial charge in [0.2, 0.25) is 0 Å². The fourth-order valence-electron chi connectivity index (χ4n) is 2.49. The highest BCUT2D eigenvalue weighted by atomic mass is 19.1. The second kappa shape index (κ2) is 9.06. The van der Waals surface area contributed by atoms with Crippen molar-refractivity contribution < 1.29 is 8.78 Å². The summed E-state index contributed by atoms with van der Waals surface area (Å²) in [6.45, 7) is 6.53. The summed E-state index contributed by atoms with van der Waals surface area (Å²) in [5, 5.41) is 3.27. The first-order valence-corrected chi connectivity index (χ1v) is 7.79. The largest absolute Gasteiger partial charge is 0.310 e. The second-order valence-corrected chi connectivity index (χ2v) is 5.44. The Kier molecular flexibility index (Phi) is 7.75. The van der Waals surface area contributed by atoms with Gasteiger partial charge in [0.15, 0.2) is 0 Å². The SMILES string of the molecule is CCCCCCCC(NCC)c1cc(F)c(C)cc1F. The molecule has 0 radical (unpaired) electrons. The Hall–Kier alpha value is -0.960. The maximum atomic E-state index is 14.0. The number of aryl methyl sites for hydroxylation is 1. The molecule has 0 fully saturated rings. The molecule has 0 spiro atoms. The Morgan fingerprint density at radius 3 is 2.35 bits per heavy atom. The molecule has 1 atom stereocenters. The van der Waals surface area contributed by atoms with E-state index in [4.69, 9.17) is 0 Å². The van der Waals surface area contributed by atoms with Gasteiger partial charge in [-0.3, -0.25) is 0 Å². The minimum atomic E-state index is -0.324. The molecule has 0 bridgehead atoms. The van der Waals surface area contributed by atoms with Crippen LogP contribution in [0.2, 0.25) is 0 Å². The first-order chi connectivity index (χ1) is 9.60. The van der Waals surface area contributed by atoms with Crippen molar-refractivity contribution in [2.24, 2.45) is 0 Å². The van der Waals surface area contributed by atoms with Crippen LogP contribution in [-0.4, -0.2) is 6.54 Å². The van der Waals surface area contributed by atoms with Crippen LogP contribution in [0.5, 0.6) is 0 Å². The molecule has 0 saturated carbocycles. The summed E-state index contributed by atoms with van der Waals surface area (Å²) in [5.74, 6) is -0.626. The third-order valence-electron chi connectivity index (χ3n) is 3.70. The molecule has 0 aliphatic rings. The normalized spacial score (nSPS) is 12.7. The lowest BCUT2D eigenvalue weighted by Crippen LogP contribution is -2.22. The van der Waals surface area contributed by atoms with Crippen molar-refractivity contribution in [2.75, 3.05) is 6.54 Å². The highest BCUT2D eigenvalue weighted by Gasteiger charge is 2.16. The molecule has 1 rings (SSSR count). The van der Waals surface area contributed by atoms with Crippen LogP contribution in [0.3, 0.4) is 0 Å². The number of rotatable bonds is 9. The minimum Gasteiger partial charge on any atom is -0.310 e. The van der Waals surface area contributed by atoms with Crippen molar-refractivity contribution in [1.29, 1.82) is 0 Å². The first-order valence-electron chi connectivity index (χ1n) is 7.79. The number of unbranched alkanes of at least 4 members (excludes halogenated alkanes) is 4. The lowest BCUT2D eigenvalue weighted by molar-refractivity contribution is 0.454.